The normalized spacial score (nSPS) is 8.44. The number of hydrogen-bond donors (Lipinski definition) is 1. The minimum absolute atomic E-state index is 0.318. The zero-order valence-corrected chi connectivity index (χ0v) is 5.55. The predicted molar refractivity (Wildman–Crippen MR) is 37.6 cm³/mol. The van der Waals surface area contributed by atoms with Crippen molar-refractivity contribution in [1.82, 2.24) is 9.46 Å². The van der Waals surface area contributed by atoms with Gasteiger partial charge in [0.15, 0.2) is 5.16 Å². The lowest BCUT2D eigenvalue weighted by atomic mass is 9.99. The molecule has 0 bridgehead atoms. The van der Waals surface area contributed by atoms with E-state index in [2.05, 4.69) is 17.6 Å². The Kier molecular flexibility index (Phi) is 1.80. The van der Waals surface area contributed by atoms with Gasteiger partial charge in [-0.25, -0.2) is 10.2 Å². The molecule has 0 aliphatic heterocycles. The first kappa shape index (κ1) is 6.24. The second-order valence-corrected chi connectivity index (χ2v) is 1.91. The topological polar surface area (TPSA) is 41.6 Å². The maximum Gasteiger partial charge on any atom is 0.366 e. The van der Waals surface area contributed by atoms with Crippen LogP contribution < -0.4 is 0 Å². The van der Waals surface area contributed by atoms with Crippen LogP contribution in [0.25, 0.3) is 0 Å². The third kappa shape index (κ3) is 1.27. The monoisotopic (exact) mass is 137 g/mol. The van der Waals surface area contributed by atoms with Crippen LogP contribution in [-0.2, 0) is 0 Å². The lowest BCUT2D eigenvalue weighted by Gasteiger charge is -1.90. The first-order valence-corrected chi connectivity index (χ1v) is 2.86. The maximum atomic E-state index is 8.23. The molecule has 9 heavy (non-hydrogen) atoms. The highest BCUT2D eigenvalue weighted by molar-refractivity contribution is 7.80. The summed E-state index contributed by atoms with van der Waals surface area (Å²) in [6.45, 7) is 0. The zero-order valence-electron chi connectivity index (χ0n) is 4.65. The van der Waals surface area contributed by atoms with Crippen LogP contribution in [0, 0.1) is 11.2 Å². The highest BCUT2D eigenvalue weighted by Crippen LogP contribution is 1.97. The summed E-state index contributed by atoms with van der Waals surface area (Å²) in [6.07, 6.45) is 3.32. The molecule has 1 aromatic rings. The Labute approximate surface area is 59.0 Å². The van der Waals surface area contributed by atoms with Crippen LogP contribution in [0.2, 0.25) is 0 Å². The van der Waals surface area contributed by atoms with Crippen molar-refractivity contribution in [1.29, 1.82) is 5.26 Å². The molecule has 0 saturated carbocycles. The Morgan fingerprint density at radius 1 is 1.89 bits per heavy atom. The molecular formula is C4H4BN3S. The standard InChI is InChI=1S/C4H4BN3S/c6-3-5-8-2-1-7-4(8)9/h1-2,5H,(H,7,9). The van der Waals surface area contributed by atoms with Crippen LogP contribution in [-0.4, -0.2) is 16.9 Å². The van der Waals surface area contributed by atoms with E-state index in [9.17, 15) is 0 Å². The van der Waals surface area contributed by atoms with Gasteiger partial charge in [0.2, 0.25) is 0 Å². The number of thiol groups is 1. The van der Waals surface area contributed by atoms with Crippen LogP contribution in [0.5, 0.6) is 0 Å². The van der Waals surface area contributed by atoms with Crippen LogP contribution in [0.15, 0.2) is 17.6 Å². The van der Waals surface area contributed by atoms with Gasteiger partial charge in [0.05, 0.1) is 0 Å². The highest BCUT2D eigenvalue weighted by Gasteiger charge is 1.95. The van der Waals surface area contributed by atoms with Crippen molar-refractivity contribution in [3.8, 4) is 5.97 Å². The summed E-state index contributed by atoms with van der Waals surface area (Å²) in [5.41, 5.74) is 0. The van der Waals surface area contributed by atoms with Gasteiger partial charge in [-0.15, -0.1) is 12.6 Å². The summed E-state index contributed by atoms with van der Waals surface area (Å²) in [6, 6.07) is 0. The summed E-state index contributed by atoms with van der Waals surface area (Å²) in [7, 11) is 0.318. The van der Waals surface area contributed by atoms with Crippen molar-refractivity contribution < 1.29 is 0 Å². The summed E-state index contributed by atoms with van der Waals surface area (Å²) in [5, 5.41) is 8.81. The zero-order chi connectivity index (χ0) is 6.69. The van der Waals surface area contributed by atoms with Gasteiger partial charge in [-0.1, -0.05) is 0 Å². The molecule has 0 spiro atoms. The SMILES string of the molecule is N#CBn1ccnc1S. The molecule has 1 heterocycles. The lowest BCUT2D eigenvalue weighted by Crippen LogP contribution is -2.01. The third-order valence-electron chi connectivity index (χ3n) is 0.935. The molecule has 1 rings (SSSR count). The first-order chi connectivity index (χ1) is 4.34. The molecule has 5 heteroatoms. The third-order valence-corrected chi connectivity index (χ3v) is 1.31. The smallest absolute Gasteiger partial charge is 0.359 e. The van der Waals surface area contributed by atoms with Crippen LogP contribution >= 0.6 is 12.6 Å². The number of aromatic nitrogens is 2. The largest absolute Gasteiger partial charge is 0.366 e. The van der Waals surface area contributed by atoms with E-state index >= 15 is 0 Å². The maximum absolute atomic E-state index is 8.23. The van der Waals surface area contributed by atoms with Crippen LogP contribution in [0.4, 0.5) is 0 Å². The highest BCUT2D eigenvalue weighted by atomic mass is 32.1. The van der Waals surface area contributed by atoms with E-state index in [1.54, 1.807) is 16.9 Å². The second-order valence-electron chi connectivity index (χ2n) is 1.51. The Morgan fingerprint density at radius 2 is 2.67 bits per heavy atom. The summed E-state index contributed by atoms with van der Waals surface area (Å²) in [4.78, 5) is 3.81. The van der Waals surface area contributed by atoms with Crippen LogP contribution in [0.1, 0.15) is 0 Å². The fourth-order valence-electron chi connectivity index (χ4n) is 0.521. The fraction of sp³-hybridized carbons (Fsp3) is 0. The molecule has 0 radical (unpaired) electrons. The molecule has 44 valence electrons. The lowest BCUT2D eigenvalue weighted by molar-refractivity contribution is 0.989. The Balaban J connectivity index is 2.84. The average Bonchev–Trinajstić information content (AvgIpc) is 2.18. The number of hydrogen-bond acceptors (Lipinski definition) is 3. The van der Waals surface area contributed by atoms with Gasteiger partial charge in [-0.2, -0.15) is 0 Å². The Hall–Kier alpha value is -0.885. The van der Waals surface area contributed by atoms with E-state index in [1.807, 2.05) is 5.97 Å². The molecule has 0 unspecified atom stereocenters. The van der Waals surface area contributed by atoms with E-state index in [0.717, 1.165) is 0 Å². The summed E-state index contributed by atoms with van der Waals surface area (Å²) in [5.74, 6) is 1.98. The minimum atomic E-state index is 0.318. The molecule has 0 aliphatic rings. The fourth-order valence-corrected chi connectivity index (χ4v) is 0.725. The van der Waals surface area contributed by atoms with E-state index in [1.165, 1.54) is 0 Å². The van der Waals surface area contributed by atoms with Gasteiger partial charge in [-0.05, 0) is 0 Å². The molecule has 0 saturated heterocycles. The first-order valence-electron chi connectivity index (χ1n) is 2.41. The van der Waals surface area contributed by atoms with Gasteiger partial charge in [0.25, 0.3) is 0 Å². The Bertz CT molecular complexity index is 238. The summed E-state index contributed by atoms with van der Waals surface area (Å²) < 4.78 is 1.66. The average molecular weight is 137 g/mol. The van der Waals surface area contributed by atoms with Gasteiger partial charge >= 0.3 is 7.41 Å². The van der Waals surface area contributed by atoms with Gasteiger partial charge in [0.1, 0.15) is 0 Å². The van der Waals surface area contributed by atoms with Gasteiger partial charge in [-0.3, -0.25) is 0 Å². The molecule has 1 aromatic heterocycles. The number of nitrogens with zero attached hydrogens (tertiary/aromatic N) is 3. The molecule has 0 aliphatic carbocycles. The van der Waals surface area contributed by atoms with Crippen molar-refractivity contribution in [3.63, 3.8) is 0 Å². The van der Waals surface area contributed by atoms with Crippen LogP contribution in [0.3, 0.4) is 0 Å². The van der Waals surface area contributed by atoms with E-state index < -0.39 is 0 Å². The molecule has 3 nitrogen and oxygen atoms in total. The molecule has 0 aromatic carbocycles. The van der Waals surface area contributed by atoms with Crippen molar-refractivity contribution in [3.05, 3.63) is 12.4 Å². The molecule has 0 atom stereocenters. The van der Waals surface area contributed by atoms with Crippen molar-refractivity contribution in [2.24, 2.45) is 0 Å². The predicted octanol–water partition coefficient (Wildman–Crippen LogP) is -0.148. The number of imidazole rings is 1. The second kappa shape index (κ2) is 2.60. The van der Waals surface area contributed by atoms with E-state index in [0.29, 0.717) is 12.6 Å². The van der Waals surface area contributed by atoms with E-state index in [4.69, 9.17) is 5.26 Å². The van der Waals surface area contributed by atoms with E-state index in [-0.39, 0.29) is 0 Å². The minimum Gasteiger partial charge on any atom is -0.359 e. The molecule has 0 N–H and O–H groups in total. The summed E-state index contributed by atoms with van der Waals surface area (Å²) >= 11 is 3.98. The Morgan fingerprint density at radius 3 is 3.11 bits per heavy atom. The molecular weight excluding hydrogens is 133 g/mol. The van der Waals surface area contributed by atoms with Crippen molar-refractivity contribution in [2.45, 2.75) is 5.16 Å². The molecule has 0 fully saturated rings. The number of nitriles is 1. The molecule has 0 amide bonds. The quantitative estimate of drug-likeness (QED) is 0.432. The van der Waals surface area contributed by atoms with Gasteiger partial charge in [0, 0.05) is 18.4 Å². The van der Waals surface area contributed by atoms with Crippen molar-refractivity contribution in [2.75, 3.05) is 0 Å². The number of rotatable bonds is 1. The van der Waals surface area contributed by atoms with Crippen molar-refractivity contribution >= 4 is 20.0 Å². The van der Waals surface area contributed by atoms with Gasteiger partial charge < -0.3 is 4.48 Å².